The molecule has 3 nitrogen and oxygen atoms in total. The summed E-state index contributed by atoms with van der Waals surface area (Å²) < 4.78 is 5.11. The van der Waals surface area contributed by atoms with E-state index in [1.807, 2.05) is 6.21 Å². The molecule has 1 aliphatic carbocycles. The number of benzene rings is 1. The Kier molecular flexibility index (Phi) is 3.36. The Balaban J connectivity index is 1.96. The zero-order valence-corrected chi connectivity index (χ0v) is 11.6. The second-order valence-corrected chi connectivity index (χ2v) is 5.35. The van der Waals surface area contributed by atoms with Crippen LogP contribution in [0.25, 0.3) is 0 Å². The van der Waals surface area contributed by atoms with E-state index in [1.165, 1.54) is 42.4 Å². The number of amidine groups is 1. The van der Waals surface area contributed by atoms with Crippen LogP contribution in [0.4, 0.5) is 0 Å². The van der Waals surface area contributed by atoms with Crippen molar-refractivity contribution in [1.82, 2.24) is 0 Å². The molecule has 0 saturated carbocycles. The molecule has 1 heterocycles. The van der Waals surface area contributed by atoms with Gasteiger partial charge in [-0.1, -0.05) is 18.2 Å². The first-order chi connectivity index (χ1) is 9.29. The fourth-order valence-corrected chi connectivity index (χ4v) is 3.13. The Bertz CT molecular complexity index is 534. The van der Waals surface area contributed by atoms with Gasteiger partial charge in [0.15, 0.2) is 0 Å². The summed E-state index contributed by atoms with van der Waals surface area (Å²) in [4.78, 5) is 8.81. The Hall–Kier alpha value is -1.64. The lowest BCUT2D eigenvalue weighted by molar-refractivity contribution is 0.388. The molecule has 0 saturated heterocycles. The first-order valence-electron chi connectivity index (χ1n) is 7.06. The third-order valence-corrected chi connectivity index (χ3v) is 4.15. The van der Waals surface area contributed by atoms with Crippen LogP contribution >= 0.6 is 0 Å². The quantitative estimate of drug-likeness (QED) is 0.760. The van der Waals surface area contributed by atoms with Crippen molar-refractivity contribution in [3.63, 3.8) is 0 Å². The van der Waals surface area contributed by atoms with Gasteiger partial charge in [-0.15, -0.1) is 0 Å². The van der Waals surface area contributed by atoms with Crippen LogP contribution < -0.4 is 0 Å². The highest BCUT2D eigenvalue weighted by Gasteiger charge is 2.25. The van der Waals surface area contributed by atoms with Gasteiger partial charge in [0.1, 0.15) is 0 Å². The number of ether oxygens (including phenoxy) is 1. The van der Waals surface area contributed by atoms with E-state index in [2.05, 4.69) is 35.1 Å². The predicted octanol–water partition coefficient (Wildman–Crippen LogP) is 3.12. The fraction of sp³-hybridized carbons (Fsp3) is 0.500. The minimum atomic E-state index is 0.195. The third kappa shape index (κ3) is 2.29. The Labute approximate surface area is 114 Å². The van der Waals surface area contributed by atoms with Crippen LogP contribution in [0.15, 0.2) is 28.2 Å². The predicted molar refractivity (Wildman–Crippen MR) is 78.2 cm³/mol. The molecule has 3 rings (SSSR count). The molecule has 0 amide bonds. The Morgan fingerprint density at radius 3 is 2.84 bits per heavy atom. The number of rotatable bonds is 1. The van der Waals surface area contributed by atoms with Crippen molar-refractivity contribution in [3.8, 4) is 0 Å². The molecule has 0 aromatic heterocycles. The molecular weight excluding hydrogens is 236 g/mol. The van der Waals surface area contributed by atoms with Gasteiger partial charge in [-0.05, 0) is 49.3 Å². The molecule has 1 aromatic rings. The topological polar surface area (TPSA) is 34.0 Å². The molecule has 0 N–H and O–H groups in total. The van der Waals surface area contributed by atoms with Gasteiger partial charge in [-0.25, -0.2) is 9.98 Å². The maximum Gasteiger partial charge on any atom is 0.311 e. The summed E-state index contributed by atoms with van der Waals surface area (Å²) in [6.07, 6.45) is 7.03. The number of fused-ring (bicyclic) bond motifs is 1. The van der Waals surface area contributed by atoms with Crippen LogP contribution in [0.3, 0.4) is 0 Å². The first kappa shape index (κ1) is 12.4. The molecule has 0 radical (unpaired) electrons. The molecule has 100 valence electrons. The van der Waals surface area contributed by atoms with E-state index in [4.69, 9.17) is 4.74 Å². The Morgan fingerprint density at radius 2 is 2.05 bits per heavy atom. The SMILES string of the molecule is COC1=NC(C)C(c2cccc3c2CCCC3)C=N1. The van der Waals surface area contributed by atoms with E-state index >= 15 is 0 Å². The van der Waals surface area contributed by atoms with E-state index in [0.717, 1.165) is 0 Å². The summed E-state index contributed by atoms with van der Waals surface area (Å²) in [5, 5.41) is 0. The second kappa shape index (κ2) is 5.16. The number of methoxy groups -OCH3 is 1. The maximum absolute atomic E-state index is 5.11. The molecule has 2 aliphatic rings. The summed E-state index contributed by atoms with van der Waals surface area (Å²) in [5.41, 5.74) is 4.46. The molecule has 0 bridgehead atoms. The van der Waals surface area contributed by atoms with Crippen molar-refractivity contribution in [1.29, 1.82) is 0 Å². The van der Waals surface area contributed by atoms with Crippen LogP contribution in [0.2, 0.25) is 0 Å². The number of aryl methyl sites for hydroxylation is 1. The van der Waals surface area contributed by atoms with Crippen molar-refractivity contribution in [2.75, 3.05) is 7.11 Å². The second-order valence-electron chi connectivity index (χ2n) is 5.35. The van der Waals surface area contributed by atoms with Crippen molar-refractivity contribution < 1.29 is 4.74 Å². The number of nitrogens with zero attached hydrogens (tertiary/aromatic N) is 2. The lowest BCUT2D eigenvalue weighted by atomic mass is 9.82. The molecule has 0 spiro atoms. The highest BCUT2D eigenvalue weighted by atomic mass is 16.5. The average molecular weight is 256 g/mol. The van der Waals surface area contributed by atoms with Gasteiger partial charge in [-0.2, -0.15) is 0 Å². The third-order valence-electron chi connectivity index (χ3n) is 4.15. The van der Waals surface area contributed by atoms with Gasteiger partial charge in [0.2, 0.25) is 0 Å². The molecule has 1 aliphatic heterocycles. The van der Waals surface area contributed by atoms with Crippen LogP contribution in [0, 0.1) is 0 Å². The van der Waals surface area contributed by atoms with Gasteiger partial charge in [0.25, 0.3) is 0 Å². The highest BCUT2D eigenvalue weighted by Crippen LogP contribution is 2.32. The van der Waals surface area contributed by atoms with E-state index in [0.29, 0.717) is 6.02 Å². The van der Waals surface area contributed by atoms with Gasteiger partial charge in [0.05, 0.1) is 13.2 Å². The molecule has 2 atom stereocenters. The minimum absolute atomic E-state index is 0.195. The van der Waals surface area contributed by atoms with Crippen LogP contribution in [0.5, 0.6) is 0 Å². The maximum atomic E-state index is 5.11. The van der Waals surface area contributed by atoms with Crippen LogP contribution in [-0.2, 0) is 17.6 Å². The largest absolute Gasteiger partial charge is 0.467 e. The molecule has 2 unspecified atom stereocenters. The van der Waals surface area contributed by atoms with Crippen LogP contribution in [0.1, 0.15) is 42.4 Å². The number of hydrogen-bond acceptors (Lipinski definition) is 3. The number of hydrogen-bond donors (Lipinski definition) is 0. The van der Waals surface area contributed by atoms with Crippen molar-refractivity contribution in [2.45, 2.75) is 44.6 Å². The fourth-order valence-electron chi connectivity index (χ4n) is 3.13. The normalized spacial score (nSPS) is 25.7. The average Bonchev–Trinajstić information content (AvgIpc) is 2.46. The molecular formula is C16H20N2O. The minimum Gasteiger partial charge on any atom is -0.467 e. The lowest BCUT2D eigenvalue weighted by Gasteiger charge is -2.26. The van der Waals surface area contributed by atoms with E-state index < -0.39 is 0 Å². The lowest BCUT2D eigenvalue weighted by Crippen LogP contribution is -2.24. The number of aliphatic imine (C=N–C) groups is 2. The van der Waals surface area contributed by atoms with Gasteiger partial charge in [-0.3, -0.25) is 0 Å². The van der Waals surface area contributed by atoms with Gasteiger partial charge >= 0.3 is 6.02 Å². The summed E-state index contributed by atoms with van der Waals surface area (Å²) in [6, 6.07) is 7.38. The molecule has 3 heteroatoms. The smallest absolute Gasteiger partial charge is 0.311 e. The molecule has 0 fully saturated rings. The van der Waals surface area contributed by atoms with Crippen molar-refractivity contribution in [2.24, 2.45) is 9.98 Å². The zero-order valence-electron chi connectivity index (χ0n) is 11.6. The first-order valence-corrected chi connectivity index (χ1v) is 7.06. The zero-order chi connectivity index (χ0) is 13.2. The molecule has 19 heavy (non-hydrogen) atoms. The summed E-state index contributed by atoms with van der Waals surface area (Å²) in [6.45, 7) is 2.14. The van der Waals surface area contributed by atoms with E-state index in [1.54, 1.807) is 7.11 Å². The highest BCUT2D eigenvalue weighted by molar-refractivity contribution is 5.88. The van der Waals surface area contributed by atoms with Crippen molar-refractivity contribution >= 4 is 12.2 Å². The summed E-state index contributed by atoms with van der Waals surface area (Å²) in [5.74, 6) is 0.284. The monoisotopic (exact) mass is 256 g/mol. The van der Waals surface area contributed by atoms with E-state index in [9.17, 15) is 0 Å². The summed E-state index contributed by atoms with van der Waals surface area (Å²) >= 11 is 0. The van der Waals surface area contributed by atoms with Crippen LogP contribution in [-0.4, -0.2) is 25.4 Å². The standard InChI is InChI=1S/C16H20N2O/c1-11-15(10-17-16(18-11)19-2)14-9-5-7-12-6-3-4-8-13(12)14/h5,7,9-11,15H,3-4,6,8H2,1-2H3. The van der Waals surface area contributed by atoms with Gasteiger partial charge in [0, 0.05) is 12.1 Å². The van der Waals surface area contributed by atoms with E-state index in [-0.39, 0.29) is 12.0 Å². The van der Waals surface area contributed by atoms with Gasteiger partial charge < -0.3 is 4.74 Å². The Morgan fingerprint density at radius 1 is 1.21 bits per heavy atom. The molecule has 1 aromatic carbocycles. The van der Waals surface area contributed by atoms with Crippen molar-refractivity contribution in [3.05, 3.63) is 34.9 Å². The summed E-state index contributed by atoms with van der Waals surface area (Å²) in [7, 11) is 1.62.